The van der Waals surface area contributed by atoms with Gasteiger partial charge >= 0.3 is 6.36 Å². The van der Waals surface area contributed by atoms with Gasteiger partial charge in [-0.3, -0.25) is 9.59 Å². The molecular weight excluding hydrogens is 449 g/mol. The van der Waals surface area contributed by atoms with Crippen molar-refractivity contribution in [1.82, 2.24) is 10.3 Å². The number of nitrogens with zero attached hydrogens (tertiary/aromatic N) is 1. The molecule has 2 aromatic carbocycles. The second-order valence-electron chi connectivity index (χ2n) is 6.57. The summed E-state index contributed by atoms with van der Waals surface area (Å²) in [4.78, 5) is 28.2. The van der Waals surface area contributed by atoms with Crippen molar-refractivity contribution in [2.45, 2.75) is 19.0 Å². The average Bonchev–Trinajstić information content (AvgIpc) is 3.12. The molecule has 1 aromatic heterocycles. The number of rotatable bonds is 9. The van der Waals surface area contributed by atoms with Crippen LogP contribution in [-0.2, 0) is 20.9 Å². The predicted molar refractivity (Wildman–Crippen MR) is 112 cm³/mol. The number of alkyl halides is 3. The molecule has 0 saturated carbocycles. The van der Waals surface area contributed by atoms with Crippen LogP contribution in [0.2, 0.25) is 0 Å². The molecule has 170 valence electrons. The fourth-order valence-corrected chi connectivity index (χ4v) is 3.48. The van der Waals surface area contributed by atoms with Crippen LogP contribution in [-0.4, -0.2) is 42.4 Å². The predicted octanol–water partition coefficient (Wildman–Crippen LogP) is 2.79. The van der Waals surface area contributed by atoms with Crippen LogP contribution in [0, 0.1) is 0 Å². The lowest BCUT2D eigenvalue weighted by Crippen LogP contribution is -2.46. The van der Waals surface area contributed by atoms with Gasteiger partial charge in [0.25, 0.3) is 0 Å². The van der Waals surface area contributed by atoms with Gasteiger partial charge < -0.3 is 25.8 Å². The van der Waals surface area contributed by atoms with Crippen LogP contribution in [0.3, 0.4) is 0 Å². The zero-order valence-electron chi connectivity index (χ0n) is 16.5. The van der Waals surface area contributed by atoms with E-state index in [0.29, 0.717) is 16.8 Å². The molecule has 0 aliphatic carbocycles. The number of fused-ring (bicyclic) bond motifs is 1. The first-order chi connectivity index (χ1) is 15.2. The van der Waals surface area contributed by atoms with Crippen LogP contribution in [0.15, 0.2) is 48.5 Å². The number of hydrogen-bond acceptors (Lipinski definition) is 7. The van der Waals surface area contributed by atoms with Gasteiger partial charge in [-0.1, -0.05) is 41.7 Å². The molecule has 2 amide bonds. The Morgan fingerprint density at radius 3 is 2.62 bits per heavy atom. The summed E-state index contributed by atoms with van der Waals surface area (Å²) in [5.41, 5.74) is 7.09. The molecule has 0 fully saturated rings. The van der Waals surface area contributed by atoms with Crippen molar-refractivity contribution in [2.75, 3.05) is 18.5 Å². The number of amides is 2. The number of halogens is 3. The van der Waals surface area contributed by atoms with Gasteiger partial charge in [-0.15, -0.1) is 13.2 Å². The lowest BCUT2D eigenvalue weighted by Gasteiger charge is -2.12. The Kier molecular flexibility index (Phi) is 7.62. The van der Waals surface area contributed by atoms with E-state index in [2.05, 4.69) is 20.4 Å². The Morgan fingerprint density at radius 2 is 1.91 bits per heavy atom. The SMILES string of the molecule is NC(COCc1ccccc1)C(=O)NCC(=O)Nc1nc2ccc(OC(F)(F)F)cc2s1. The Hall–Kier alpha value is -3.22. The lowest BCUT2D eigenvalue weighted by atomic mass is 10.2. The smallest absolute Gasteiger partial charge is 0.406 e. The highest BCUT2D eigenvalue weighted by atomic mass is 32.1. The van der Waals surface area contributed by atoms with E-state index in [-0.39, 0.29) is 24.0 Å². The number of hydrogen-bond donors (Lipinski definition) is 3. The third-order valence-electron chi connectivity index (χ3n) is 4.01. The van der Waals surface area contributed by atoms with Gasteiger partial charge in [-0.25, -0.2) is 4.98 Å². The van der Waals surface area contributed by atoms with E-state index >= 15 is 0 Å². The van der Waals surface area contributed by atoms with Crippen LogP contribution in [0.25, 0.3) is 10.2 Å². The zero-order chi connectivity index (χ0) is 23.1. The van der Waals surface area contributed by atoms with E-state index in [9.17, 15) is 22.8 Å². The van der Waals surface area contributed by atoms with Gasteiger partial charge in [0, 0.05) is 6.07 Å². The topological polar surface area (TPSA) is 116 Å². The van der Waals surface area contributed by atoms with Gasteiger partial charge in [0.1, 0.15) is 11.8 Å². The molecule has 0 aliphatic rings. The molecule has 0 aliphatic heterocycles. The monoisotopic (exact) mass is 468 g/mol. The van der Waals surface area contributed by atoms with E-state index in [1.54, 1.807) is 0 Å². The van der Waals surface area contributed by atoms with Crippen LogP contribution < -0.4 is 21.1 Å². The highest BCUT2D eigenvalue weighted by Gasteiger charge is 2.31. The summed E-state index contributed by atoms with van der Waals surface area (Å²) in [5, 5.41) is 5.04. The van der Waals surface area contributed by atoms with E-state index in [0.717, 1.165) is 23.0 Å². The molecular formula is C20H19F3N4O4S. The Bertz CT molecular complexity index is 1080. The third kappa shape index (κ3) is 7.18. The highest BCUT2D eigenvalue weighted by molar-refractivity contribution is 7.22. The van der Waals surface area contributed by atoms with Crippen LogP contribution in [0.4, 0.5) is 18.3 Å². The van der Waals surface area contributed by atoms with Crippen molar-refractivity contribution in [1.29, 1.82) is 0 Å². The molecule has 8 nitrogen and oxygen atoms in total. The summed E-state index contributed by atoms with van der Waals surface area (Å²) in [7, 11) is 0. The average molecular weight is 468 g/mol. The van der Waals surface area contributed by atoms with Crippen molar-refractivity contribution in [2.24, 2.45) is 5.73 Å². The first-order valence-corrected chi connectivity index (χ1v) is 10.1. The zero-order valence-corrected chi connectivity index (χ0v) is 17.3. The molecule has 3 aromatic rings. The summed E-state index contributed by atoms with van der Waals surface area (Å²) in [6, 6.07) is 12.1. The number of anilines is 1. The minimum Gasteiger partial charge on any atom is -0.406 e. The van der Waals surface area contributed by atoms with E-state index in [1.165, 1.54) is 12.1 Å². The van der Waals surface area contributed by atoms with Crippen molar-refractivity contribution in [3.63, 3.8) is 0 Å². The van der Waals surface area contributed by atoms with Crippen molar-refractivity contribution < 1.29 is 32.2 Å². The van der Waals surface area contributed by atoms with Gasteiger partial charge in [0.2, 0.25) is 11.8 Å². The molecule has 12 heteroatoms. The molecule has 0 spiro atoms. The molecule has 3 rings (SSSR count). The summed E-state index contributed by atoms with van der Waals surface area (Å²) < 4.78 is 46.6. The third-order valence-corrected chi connectivity index (χ3v) is 4.94. The fourth-order valence-electron chi connectivity index (χ4n) is 2.57. The maximum atomic E-state index is 12.3. The Balaban J connectivity index is 1.44. The molecule has 32 heavy (non-hydrogen) atoms. The van der Waals surface area contributed by atoms with Crippen molar-refractivity contribution >= 4 is 38.5 Å². The number of aromatic nitrogens is 1. The molecule has 1 heterocycles. The lowest BCUT2D eigenvalue weighted by molar-refractivity contribution is -0.274. The fraction of sp³-hybridized carbons (Fsp3) is 0.250. The first-order valence-electron chi connectivity index (χ1n) is 9.31. The number of carbonyl (C=O) groups is 2. The number of thiazole rings is 1. The van der Waals surface area contributed by atoms with Crippen LogP contribution in [0.5, 0.6) is 5.75 Å². The number of ether oxygens (including phenoxy) is 2. The molecule has 4 N–H and O–H groups in total. The van der Waals surface area contributed by atoms with Gasteiger partial charge in [-0.05, 0) is 17.7 Å². The van der Waals surface area contributed by atoms with Gasteiger partial charge in [0.05, 0.1) is 30.0 Å². The van der Waals surface area contributed by atoms with Crippen molar-refractivity contribution in [3.05, 3.63) is 54.1 Å². The quantitative estimate of drug-likeness (QED) is 0.445. The minimum atomic E-state index is -4.80. The van der Waals surface area contributed by atoms with Crippen molar-refractivity contribution in [3.8, 4) is 5.75 Å². The van der Waals surface area contributed by atoms with Gasteiger partial charge in [0.15, 0.2) is 5.13 Å². The van der Waals surface area contributed by atoms with Gasteiger partial charge in [-0.2, -0.15) is 0 Å². The largest absolute Gasteiger partial charge is 0.573 e. The molecule has 1 atom stereocenters. The molecule has 0 saturated heterocycles. The number of benzene rings is 2. The Labute approximate surface area is 184 Å². The normalized spacial score (nSPS) is 12.4. The molecule has 0 bridgehead atoms. The van der Waals surface area contributed by atoms with Crippen LogP contribution >= 0.6 is 11.3 Å². The standard InChI is InChI=1S/C20H19F3N4O4S/c21-20(22,23)31-13-6-7-15-16(8-13)32-19(26-15)27-17(28)9-25-18(29)14(24)11-30-10-12-4-2-1-3-5-12/h1-8,14H,9-11,24H2,(H,25,29)(H,26,27,28). The summed E-state index contributed by atoms with van der Waals surface area (Å²) in [6.45, 7) is -0.0816. The number of carbonyl (C=O) groups excluding carboxylic acids is 2. The molecule has 0 radical (unpaired) electrons. The van der Waals surface area contributed by atoms with E-state index in [4.69, 9.17) is 10.5 Å². The van der Waals surface area contributed by atoms with E-state index in [1.807, 2.05) is 30.3 Å². The highest BCUT2D eigenvalue weighted by Crippen LogP contribution is 2.31. The maximum Gasteiger partial charge on any atom is 0.573 e. The number of nitrogens with two attached hydrogens (primary N) is 1. The van der Waals surface area contributed by atoms with E-state index < -0.39 is 24.2 Å². The van der Waals surface area contributed by atoms with Crippen LogP contribution in [0.1, 0.15) is 5.56 Å². The minimum absolute atomic E-state index is 0.0253. The molecule has 1 unspecified atom stereocenters. The number of nitrogens with one attached hydrogen (secondary N) is 2. The maximum absolute atomic E-state index is 12.3. The summed E-state index contributed by atoms with van der Waals surface area (Å²) in [5.74, 6) is -1.52. The first kappa shape index (κ1) is 23.4. The second kappa shape index (κ2) is 10.4. The summed E-state index contributed by atoms with van der Waals surface area (Å²) >= 11 is 0.968. The second-order valence-corrected chi connectivity index (χ2v) is 7.60. The Morgan fingerprint density at radius 1 is 1.16 bits per heavy atom. The summed E-state index contributed by atoms with van der Waals surface area (Å²) in [6.07, 6.45) is -4.80.